The Morgan fingerprint density at radius 1 is 1.78 bits per heavy atom. The summed E-state index contributed by atoms with van der Waals surface area (Å²) in [7, 11) is 1.60. The molecule has 0 spiro atoms. The summed E-state index contributed by atoms with van der Waals surface area (Å²) in [6.07, 6.45) is 6.77. The first-order valence-corrected chi connectivity index (χ1v) is 2.62. The van der Waals surface area contributed by atoms with Crippen molar-refractivity contribution in [3.05, 3.63) is 24.5 Å². The topological polar surface area (TPSA) is 37.9 Å². The summed E-state index contributed by atoms with van der Waals surface area (Å²) in [6.45, 7) is 0. The number of rotatable bonds is 2. The zero-order chi connectivity index (χ0) is 6.53. The van der Waals surface area contributed by atoms with Gasteiger partial charge in [-0.1, -0.05) is 0 Å². The number of nitrogens with one attached hydrogen (secondary N) is 1. The fraction of sp³-hybridized carbons (Fsp3) is 0.167. The van der Waals surface area contributed by atoms with E-state index < -0.39 is 0 Å². The number of aromatic nitrogens is 2. The number of hydrogen-bond donors (Lipinski definition) is 1. The van der Waals surface area contributed by atoms with Gasteiger partial charge in [-0.15, -0.1) is 0 Å². The molecule has 3 heteroatoms. The van der Waals surface area contributed by atoms with Crippen LogP contribution in [0.4, 0.5) is 0 Å². The van der Waals surface area contributed by atoms with E-state index in [1.165, 1.54) is 0 Å². The second kappa shape index (κ2) is 2.91. The van der Waals surface area contributed by atoms with Gasteiger partial charge in [-0.3, -0.25) is 0 Å². The molecule has 0 unspecified atom stereocenters. The van der Waals surface area contributed by atoms with E-state index in [1.807, 2.05) is 0 Å². The summed E-state index contributed by atoms with van der Waals surface area (Å²) >= 11 is 0. The van der Waals surface area contributed by atoms with Crippen LogP contribution in [0, 0.1) is 0 Å². The number of methoxy groups -OCH3 is 1. The molecule has 48 valence electrons. The number of imidazole rings is 1. The average Bonchev–Trinajstić information content (AvgIpc) is 2.34. The average molecular weight is 124 g/mol. The van der Waals surface area contributed by atoms with E-state index in [1.54, 1.807) is 31.8 Å². The van der Waals surface area contributed by atoms with Gasteiger partial charge in [-0.2, -0.15) is 0 Å². The van der Waals surface area contributed by atoms with Crippen LogP contribution in [0.2, 0.25) is 0 Å². The summed E-state index contributed by atoms with van der Waals surface area (Å²) in [5, 5.41) is 0. The quantitative estimate of drug-likeness (QED) is 0.598. The third-order valence-electron chi connectivity index (χ3n) is 0.881. The second-order valence-corrected chi connectivity index (χ2v) is 1.51. The van der Waals surface area contributed by atoms with Gasteiger partial charge in [0, 0.05) is 18.5 Å². The molecule has 0 radical (unpaired) electrons. The van der Waals surface area contributed by atoms with Crippen LogP contribution in [0.3, 0.4) is 0 Å². The molecular formula is C6H8N2O. The molecule has 0 aromatic carbocycles. The van der Waals surface area contributed by atoms with Crippen LogP contribution in [-0.4, -0.2) is 17.1 Å². The highest BCUT2D eigenvalue weighted by Gasteiger charge is 1.82. The Bertz CT molecular complexity index is 179. The van der Waals surface area contributed by atoms with E-state index >= 15 is 0 Å². The normalized spacial score (nSPS) is 10.3. The summed E-state index contributed by atoms with van der Waals surface area (Å²) in [4.78, 5) is 6.83. The van der Waals surface area contributed by atoms with Crippen molar-refractivity contribution < 1.29 is 4.74 Å². The van der Waals surface area contributed by atoms with Crippen LogP contribution in [0.1, 0.15) is 5.82 Å². The molecule has 1 rings (SSSR count). The first kappa shape index (κ1) is 5.88. The summed E-state index contributed by atoms with van der Waals surface area (Å²) in [5.74, 6) is 0.803. The molecule has 0 saturated heterocycles. The summed E-state index contributed by atoms with van der Waals surface area (Å²) in [6, 6.07) is 0. The number of nitrogens with zero attached hydrogens (tertiary/aromatic N) is 1. The second-order valence-electron chi connectivity index (χ2n) is 1.51. The molecule has 0 aliphatic rings. The van der Waals surface area contributed by atoms with Crippen LogP contribution in [0.5, 0.6) is 0 Å². The highest BCUT2D eigenvalue weighted by molar-refractivity contribution is 5.37. The van der Waals surface area contributed by atoms with E-state index in [9.17, 15) is 0 Å². The minimum atomic E-state index is 0.803. The fourth-order valence-corrected chi connectivity index (χ4v) is 0.501. The molecule has 1 N–H and O–H groups in total. The molecule has 0 atom stereocenters. The molecule has 0 saturated carbocycles. The first-order chi connectivity index (χ1) is 4.43. The summed E-state index contributed by atoms with van der Waals surface area (Å²) < 4.78 is 4.67. The Morgan fingerprint density at radius 2 is 2.67 bits per heavy atom. The van der Waals surface area contributed by atoms with Gasteiger partial charge >= 0.3 is 0 Å². The Balaban J connectivity index is 2.57. The number of H-pyrrole nitrogens is 1. The van der Waals surface area contributed by atoms with E-state index in [2.05, 4.69) is 14.7 Å². The Hall–Kier alpha value is -1.25. The number of ether oxygens (including phenoxy) is 1. The lowest BCUT2D eigenvalue weighted by molar-refractivity contribution is 0.341. The van der Waals surface area contributed by atoms with Gasteiger partial charge in [0.1, 0.15) is 5.82 Å². The highest BCUT2D eigenvalue weighted by atomic mass is 16.5. The molecule has 1 aromatic heterocycles. The lowest BCUT2D eigenvalue weighted by Gasteiger charge is -1.83. The van der Waals surface area contributed by atoms with Crippen LogP contribution < -0.4 is 0 Å². The summed E-state index contributed by atoms with van der Waals surface area (Å²) in [5.41, 5.74) is 0. The van der Waals surface area contributed by atoms with Crippen molar-refractivity contribution in [1.29, 1.82) is 0 Å². The fourth-order valence-electron chi connectivity index (χ4n) is 0.501. The zero-order valence-electron chi connectivity index (χ0n) is 5.16. The zero-order valence-corrected chi connectivity index (χ0v) is 5.16. The maximum atomic E-state index is 4.67. The van der Waals surface area contributed by atoms with E-state index in [-0.39, 0.29) is 0 Å². The van der Waals surface area contributed by atoms with Gasteiger partial charge in [0.2, 0.25) is 0 Å². The maximum absolute atomic E-state index is 4.67. The van der Waals surface area contributed by atoms with Crippen LogP contribution in [0.25, 0.3) is 6.08 Å². The molecule has 3 nitrogen and oxygen atoms in total. The Kier molecular flexibility index (Phi) is 1.90. The molecule has 0 aliphatic heterocycles. The monoisotopic (exact) mass is 124 g/mol. The predicted octanol–water partition coefficient (Wildman–Crippen LogP) is 1.03. The lowest BCUT2D eigenvalue weighted by Crippen LogP contribution is -1.72. The van der Waals surface area contributed by atoms with Crippen molar-refractivity contribution in [2.24, 2.45) is 0 Å². The van der Waals surface area contributed by atoms with Crippen LogP contribution >= 0.6 is 0 Å². The Morgan fingerprint density at radius 3 is 3.22 bits per heavy atom. The van der Waals surface area contributed by atoms with Crippen molar-refractivity contribution in [2.75, 3.05) is 7.11 Å². The van der Waals surface area contributed by atoms with Crippen molar-refractivity contribution in [2.45, 2.75) is 0 Å². The van der Waals surface area contributed by atoms with Crippen molar-refractivity contribution in [1.82, 2.24) is 9.97 Å². The largest absolute Gasteiger partial charge is 0.504 e. The lowest BCUT2D eigenvalue weighted by atomic mass is 10.6. The van der Waals surface area contributed by atoms with Crippen LogP contribution in [-0.2, 0) is 4.74 Å². The molecule has 0 aliphatic carbocycles. The van der Waals surface area contributed by atoms with Crippen molar-refractivity contribution in [3.8, 4) is 0 Å². The number of hydrogen-bond acceptors (Lipinski definition) is 2. The van der Waals surface area contributed by atoms with Gasteiger partial charge in [-0.25, -0.2) is 4.98 Å². The third-order valence-corrected chi connectivity index (χ3v) is 0.881. The minimum absolute atomic E-state index is 0.803. The van der Waals surface area contributed by atoms with Gasteiger partial charge in [0.15, 0.2) is 0 Å². The predicted molar refractivity (Wildman–Crippen MR) is 34.6 cm³/mol. The van der Waals surface area contributed by atoms with Gasteiger partial charge in [0.25, 0.3) is 0 Å². The van der Waals surface area contributed by atoms with Crippen LogP contribution in [0.15, 0.2) is 18.7 Å². The number of aromatic amines is 1. The standard InChI is InChI=1S/C6H8N2O/c1-9-5-2-6-7-3-4-8-6/h2-5H,1H3,(H,7,8)/b5-2+. The van der Waals surface area contributed by atoms with Crippen molar-refractivity contribution in [3.63, 3.8) is 0 Å². The van der Waals surface area contributed by atoms with Gasteiger partial charge in [-0.05, 0) is 0 Å². The Labute approximate surface area is 53.4 Å². The minimum Gasteiger partial charge on any atom is -0.504 e. The molecule has 0 fully saturated rings. The van der Waals surface area contributed by atoms with E-state index in [0.717, 1.165) is 5.82 Å². The van der Waals surface area contributed by atoms with E-state index in [0.29, 0.717) is 0 Å². The highest BCUT2D eigenvalue weighted by Crippen LogP contribution is 1.90. The third kappa shape index (κ3) is 1.60. The molecule has 0 bridgehead atoms. The molecular weight excluding hydrogens is 116 g/mol. The van der Waals surface area contributed by atoms with E-state index in [4.69, 9.17) is 0 Å². The van der Waals surface area contributed by atoms with Gasteiger partial charge in [0.05, 0.1) is 13.4 Å². The molecule has 0 amide bonds. The van der Waals surface area contributed by atoms with Gasteiger partial charge < -0.3 is 9.72 Å². The molecule has 9 heavy (non-hydrogen) atoms. The SMILES string of the molecule is CO/C=C/c1ncc[nH]1. The molecule has 1 aromatic rings. The smallest absolute Gasteiger partial charge is 0.133 e. The maximum Gasteiger partial charge on any atom is 0.133 e. The first-order valence-electron chi connectivity index (χ1n) is 2.62. The van der Waals surface area contributed by atoms with Crippen molar-refractivity contribution >= 4 is 6.08 Å². The molecule has 1 heterocycles.